The topological polar surface area (TPSA) is 166 Å². The van der Waals surface area contributed by atoms with Crippen molar-refractivity contribution in [1.82, 2.24) is 20.9 Å². The molecule has 0 aliphatic rings. The highest BCUT2D eigenvalue weighted by atomic mass is 16.4. The van der Waals surface area contributed by atoms with Crippen LogP contribution in [0.5, 0.6) is 0 Å². The van der Waals surface area contributed by atoms with Gasteiger partial charge in [0.2, 0.25) is 17.7 Å². The maximum atomic E-state index is 13.2. The number of fused-ring (bicyclic) bond motifs is 1. The normalized spacial score (nSPS) is 14.0. The number of aromatic amines is 1. The first-order valence-electron chi connectivity index (χ1n) is 11.4. The lowest BCUT2D eigenvalue weighted by Crippen LogP contribution is -2.58. The first-order chi connectivity index (χ1) is 16.0. The maximum absolute atomic E-state index is 13.2. The molecule has 1 aromatic heterocycles. The second kappa shape index (κ2) is 12.2. The molecule has 0 fully saturated rings. The van der Waals surface area contributed by atoms with E-state index in [1.54, 1.807) is 20.0 Å². The molecule has 10 nitrogen and oxygen atoms in total. The van der Waals surface area contributed by atoms with Crippen molar-refractivity contribution in [3.63, 3.8) is 0 Å². The van der Waals surface area contributed by atoms with Gasteiger partial charge in [-0.05, 0) is 29.9 Å². The lowest BCUT2D eigenvalue weighted by Gasteiger charge is -2.27. The third kappa shape index (κ3) is 7.31. The highest BCUT2D eigenvalue weighted by molar-refractivity contribution is 5.94. The van der Waals surface area contributed by atoms with E-state index >= 15 is 0 Å². The number of hydrogen-bond donors (Lipinski definition) is 6. The molecule has 7 N–H and O–H groups in total. The number of amides is 3. The summed E-state index contributed by atoms with van der Waals surface area (Å²) in [5.74, 6) is -3.06. The molecular formula is C24H35N5O5. The number of nitrogens with one attached hydrogen (secondary N) is 4. The van der Waals surface area contributed by atoms with Crippen molar-refractivity contribution in [2.45, 2.75) is 58.7 Å². The summed E-state index contributed by atoms with van der Waals surface area (Å²) >= 11 is 0. The average Bonchev–Trinajstić information content (AvgIpc) is 3.18. The minimum absolute atomic E-state index is 0.0560. The van der Waals surface area contributed by atoms with E-state index in [4.69, 9.17) is 5.73 Å². The molecule has 2 rings (SSSR count). The smallest absolute Gasteiger partial charge is 0.326 e. The fourth-order valence-electron chi connectivity index (χ4n) is 3.73. The number of carbonyl (C=O) groups is 4. The number of aliphatic carboxylic acids is 1. The van der Waals surface area contributed by atoms with Gasteiger partial charge < -0.3 is 31.8 Å². The molecule has 0 aliphatic carbocycles. The van der Waals surface area contributed by atoms with Crippen LogP contribution in [0.4, 0.5) is 0 Å². The third-order valence-electron chi connectivity index (χ3n) is 5.50. The van der Waals surface area contributed by atoms with Gasteiger partial charge in [-0.2, -0.15) is 0 Å². The Morgan fingerprint density at radius 2 is 1.65 bits per heavy atom. The number of benzene rings is 1. The molecule has 0 saturated heterocycles. The van der Waals surface area contributed by atoms with Crippen LogP contribution >= 0.6 is 0 Å². The zero-order valence-electron chi connectivity index (χ0n) is 20.1. The van der Waals surface area contributed by atoms with Crippen molar-refractivity contribution in [2.75, 3.05) is 6.54 Å². The van der Waals surface area contributed by atoms with Gasteiger partial charge >= 0.3 is 5.97 Å². The summed E-state index contributed by atoms with van der Waals surface area (Å²) in [6.07, 6.45) is 2.21. The Morgan fingerprint density at radius 1 is 0.971 bits per heavy atom. The zero-order valence-corrected chi connectivity index (χ0v) is 20.1. The van der Waals surface area contributed by atoms with Gasteiger partial charge in [-0.25, -0.2) is 4.79 Å². The standard InChI is InChI=1S/C24H35N5O5/c1-13(2)9-19(24(33)34)28-23(32)21(14(3)4)29-22(31)18(27-20(30)11-25)10-15-12-26-17-8-6-5-7-16(15)17/h5-8,12-14,18-19,21,26H,9-11,25H2,1-4H3,(H,27,30)(H,28,32)(H,29,31)(H,33,34). The Labute approximate surface area is 199 Å². The summed E-state index contributed by atoms with van der Waals surface area (Å²) in [6.45, 7) is 6.92. The number of nitrogens with two attached hydrogens (primary N) is 1. The van der Waals surface area contributed by atoms with Crippen LogP contribution in [0.3, 0.4) is 0 Å². The molecule has 0 aliphatic heterocycles. The van der Waals surface area contributed by atoms with E-state index in [9.17, 15) is 24.3 Å². The van der Waals surface area contributed by atoms with Crippen LogP contribution in [-0.4, -0.2) is 58.5 Å². The predicted octanol–water partition coefficient (Wildman–Crippen LogP) is 0.910. The van der Waals surface area contributed by atoms with E-state index in [0.717, 1.165) is 16.5 Å². The molecule has 0 saturated carbocycles. The van der Waals surface area contributed by atoms with E-state index in [1.165, 1.54) is 0 Å². The highest BCUT2D eigenvalue weighted by Gasteiger charge is 2.31. The molecule has 0 spiro atoms. The van der Waals surface area contributed by atoms with Crippen LogP contribution in [0.1, 0.15) is 39.7 Å². The minimum Gasteiger partial charge on any atom is -0.480 e. The number of carboxylic acid groups (broad SMARTS) is 1. The quantitative estimate of drug-likeness (QED) is 0.268. The van der Waals surface area contributed by atoms with Crippen LogP contribution in [-0.2, 0) is 25.6 Å². The van der Waals surface area contributed by atoms with Gasteiger partial charge in [0.15, 0.2) is 0 Å². The number of carboxylic acids is 1. The number of hydrogen-bond acceptors (Lipinski definition) is 5. The summed E-state index contributed by atoms with van der Waals surface area (Å²) in [5, 5.41) is 18.2. The molecule has 1 heterocycles. The van der Waals surface area contributed by atoms with E-state index < -0.39 is 41.8 Å². The molecule has 3 unspecified atom stereocenters. The second-order valence-corrected chi connectivity index (χ2v) is 9.15. The molecule has 34 heavy (non-hydrogen) atoms. The first kappa shape index (κ1) is 26.8. The van der Waals surface area contributed by atoms with E-state index in [2.05, 4.69) is 20.9 Å². The lowest BCUT2D eigenvalue weighted by molar-refractivity contribution is -0.143. The van der Waals surface area contributed by atoms with Gasteiger partial charge in [0.25, 0.3) is 0 Å². The van der Waals surface area contributed by atoms with Crippen molar-refractivity contribution in [1.29, 1.82) is 0 Å². The van der Waals surface area contributed by atoms with Crippen LogP contribution in [0.15, 0.2) is 30.5 Å². The van der Waals surface area contributed by atoms with Gasteiger partial charge in [0.1, 0.15) is 18.1 Å². The Morgan fingerprint density at radius 3 is 2.24 bits per heavy atom. The number of aromatic nitrogens is 1. The van der Waals surface area contributed by atoms with Crippen LogP contribution in [0.25, 0.3) is 10.9 Å². The SMILES string of the molecule is CC(C)CC(NC(=O)C(NC(=O)C(Cc1c[nH]c2ccccc12)NC(=O)CN)C(C)C)C(=O)O. The maximum Gasteiger partial charge on any atom is 0.326 e. The van der Waals surface area contributed by atoms with Crippen molar-refractivity contribution in [3.8, 4) is 0 Å². The van der Waals surface area contributed by atoms with Gasteiger partial charge in [0, 0.05) is 23.5 Å². The van der Waals surface area contributed by atoms with Gasteiger partial charge in [-0.3, -0.25) is 14.4 Å². The average molecular weight is 474 g/mol. The summed E-state index contributed by atoms with van der Waals surface area (Å²) in [6, 6.07) is 4.55. The monoisotopic (exact) mass is 473 g/mol. The molecule has 3 atom stereocenters. The van der Waals surface area contributed by atoms with Crippen LogP contribution in [0.2, 0.25) is 0 Å². The first-order valence-corrected chi connectivity index (χ1v) is 11.4. The number of carbonyl (C=O) groups excluding carboxylic acids is 3. The summed E-state index contributed by atoms with van der Waals surface area (Å²) in [4.78, 5) is 52.8. The molecule has 2 aromatic rings. The number of para-hydroxylation sites is 1. The van der Waals surface area contributed by atoms with E-state index in [0.29, 0.717) is 0 Å². The fourth-order valence-corrected chi connectivity index (χ4v) is 3.73. The number of H-pyrrole nitrogens is 1. The molecule has 3 amide bonds. The van der Waals surface area contributed by atoms with Crippen molar-refractivity contribution < 1.29 is 24.3 Å². The fraction of sp³-hybridized carbons (Fsp3) is 0.500. The molecule has 186 valence electrons. The molecule has 0 radical (unpaired) electrons. The predicted molar refractivity (Wildman–Crippen MR) is 129 cm³/mol. The third-order valence-corrected chi connectivity index (χ3v) is 5.50. The summed E-state index contributed by atoms with van der Waals surface area (Å²) in [7, 11) is 0. The number of rotatable bonds is 12. The van der Waals surface area contributed by atoms with E-state index in [1.807, 2.05) is 38.1 Å². The van der Waals surface area contributed by atoms with Gasteiger partial charge in [0.05, 0.1) is 6.54 Å². The largest absolute Gasteiger partial charge is 0.480 e. The molecule has 1 aromatic carbocycles. The van der Waals surface area contributed by atoms with Crippen LogP contribution < -0.4 is 21.7 Å². The summed E-state index contributed by atoms with van der Waals surface area (Å²) in [5.41, 5.74) is 7.15. The Kier molecular flexibility index (Phi) is 9.61. The Bertz CT molecular complexity index is 1020. The van der Waals surface area contributed by atoms with Crippen molar-refractivity contribution >= 4 is 34.6 Å². The van der Waals surface area contributed by atoms with Gasteiger partial charge in [-0.1, -0.05) is 45.9 Å². The van der Waals surface area contributed by atoms with Crippen molar-refractivity contribution in [3.05, 3.63) is 36.0 Å². The molecule has 0 bridgehead atoms. The molecular weight excluding hydrogens is 438 g/mol. The van der Waals surface area contributed by atoms with Gasteiger partial charge in [-0.15, -0.1) is 0 Å². The van der Waals surface area contributed by atoms with E-state index in [-0.39, 0.29) is 31.2 Å². The van der Waals surface area contributed by atoms with Crippen molar-refractivity contribution in [2.24, 2.45) is 17.6 Å². The zero-order chi connectivity index (χ0) is 25.4. The van der Waals surface area contributed by atoms with Crippen LogP contribution in [0, 0.1) is 11.8 Å². The Balaban J connectivity index is 2.21. The second-order valence-electron chi connectivity index (χ2n) is 9.15. The molecule has 10 heteroatoms. The Hall–Kier alpha value is -3.40. The highest BCUT2D eigenvalue weighted by Crippen LogP contribution is 2.19. The summed E-state index contributed by atoms with van der Waals surface area (Å²) < 4.78 is 0. The minimum atomic E-state index is -1.14. The lowest BCUT2D eigenvalue weighted by atomic mass is 9.99.